The number of rotatable bonds is 15. The van der Waals surface area contributed by atoms with Crippen LogP contribution in [0.1, 0.15) is 71.1 Å². The molecule has 0 fully saturated rings. The van der Waals surface area contributed by atoms with Crippen LogP contribution in [0, 0.1) is 0 Å². The molecule has 0 spiro atoms. The summed E-state index contributed by atoms with van der Waals surface area (Å²) in [4.78, 5) is 0.238. The van der Waals surface area contributed by atoms with Crippen molar-refractivity contribution in [2.75, 3.05) is 6.61 Å². The summed E-state index contributed by atoms with van der Waals surface area (Å²) in [6.45, 7) is 7.98. The van der Waals surface area contributed by atoms with Gasteiger partial charge < -0.3 is 9.11 Å². The molecule has 0 aliphatic carbocycles. The van der Waals surface area contributed by atoms with Gasteiger partial charge in [-0.3, -0.25) is 4.18 Å². The van der Waals surface area contributed by atoms with Crippen molar-refractivity contribution in [2.45, 2.75) is 76.0 Å². The summed E-state index contributed by atoms with van der Waals surface area (Å²) in [6.07, 6.45) is 12.3. The van der Waals surface area contributed by atoms with E-state index in [-0.39, 0.29) is 70.6 Å². The van der Waals surface area contributed by atoms with Gasteiger partial charge >= 0.3 is 59.1 Å². The summed E-state index contributed by atoms with van der Waals surface area (Å²) >= 11 is 0. The number of hydrogen-bond donors (Lipinski definition) is 0. The molecule has 36 heavy (non-hydrogen) atoms. The molecule has 0 N–H and O–H groups in total. The zero-order valence-electron chi connectivity index (χ0n) is 21.6. The fraction of sp³-hybridized carbons (Fsp3) is 0.545. The standard InChI is InChI=1S/C18H30O3S.2C2H4O3S.2Na/c1-2-3-4-5-6-7-8-9-10-14-17-21-22(19,20)18-15-12-11-13-16-18;2*1-2-6(3,4)5;;/h11-13,15-16H,2-10,14,17H2,1H3;2*2H,1H2,(H,3,4,5);;/q;;;2*+1/p-2. The number of benzene rings is 1. The van der Waals surface area contributed by atoms with Gasteiger partial charge in [0.2, 0.25) is 0 Å². The van der Waals surface area contributed by atoms with Gasteiger partial charge in [-0.2, -0.15) is 8.42 Å². The number of hydrogen-bond acceptors (Lipinski definition) is 9. The van der Waals surface area contributed by atoms with Crippen LogP contribution in [0.2, 0.25) is 0 Å². The van der Waals surface area contributed by atoms with Crippen molar-refractivity contribution in [3.05, 3.63) is 54.3 Å². The summed E-state index contributed by atoms with van der Waals surface area (Å²) in [5.74, 6) is 0. The topological polar surface area (TPSA) is 158 Å². The molecule has 0 radical (unpaired) electrons. The van der Waals surface area contributed by atoms with Crippen molar-refractivity contribution in [3.8, 4) is 0 Å². The molecule has 0 saturated carbocycles. The van der Waals surface area contributed by atoms with Gasteiger partial charge in [-0.1, -0.05) is 96.1 Å². The average Bonchev–Trinajstić information content (AvgIpc) is 2.78. The van der Waals surface area contributed by atoms with Crippen LogP contribution in [-0.4, -0.2) is 41.0 Å². The van der Waals surface area contributed by atoms with Gasteiger partial charge in [0.25, 0.3) is 10.1 Å². The molecule has 9 nitrogen and oxygen atoms in total. The normalized spacial score (nSPS) is 10.8. The van der Waals surface area contributed by atoms with Crippen molar-refractivity contribution in [3.63, 3.8) is 0 Å². The molecule has 0 unspecified atom stereocenters. The first-order valence-electron chi connectivity index (χ1n) is 10.9. The molecule has 0 atom stereocenters. The third-order valence-electron chi connectivity index (χ3n) is 4.18. The fourth-order valence-corrected chi connectivity index (χ4v) is 3.38. The van der Waals surface area contributed by atoms with E-state index in [9.17, 15) is 34.4 Å². The predicted octanol–water partition coefficient (Wildman–Crippen LogP) is -1.33. The second-order valence-electron chi connectivity index (χ2n) is 7.09. The van der Waals surface area contributed by atoms with Crippen LogP contribution >= 0.6 is 0 Å². The molecule has 0 bridgehead atoms. The maximum Gasteiger partial charge on any atom is 1.00 e. The van der Waals surface area contributed by atoms with E-state index in [1.807, 2.05) is 0 Å². The fourth-order valence-electron chi connectivity index (χ4n) is 2.41. The van der Waals surface area contributed by atoms with Crippen LogP contribution in [0.4, 0.5) is 0 Å². The molecular weight excluding hydrogens is 550 g/mol. The summed E-state index contributed by atoms with van der Waals surface area (Å²) in [5.41, 5.74) is 0. The van der Waals surface area contributed by atoms with Crippen LogP contribution in [0.25, 0.3) is 0 Å². The largest absolute Gasteiger partial charge is 1.00 e. The molecular formula is C22H36Na2O9S3. The minimum atomic E-state index is -4.15. The third kappa shape index (κ3) is 32.5. The Labute approximate surface area is 262 Å². The van der Waals surface area contributed by atoms with Crippen molar-refractivity contribution in [2.24, 2.45) is 0 Å². The van der Waals surface area contributed by atoms with E-state index < -0.39 is 30.4 Å². The first kappa shape index (κ1) is 43.5. The van der Waals surface area contributed by atoms with E-state index in [0.29, 0.717) is 10.8 Å². The Morgan fingerprint density at radius 3 is 1.36 bits per heavy atom. The van der Waals surface area contributed by atoms with E-state index in [1.54, 1.807) is 30.3 Å². The Balaban J connectivity index is -0.000000305. The van der Waals surface area contributed by atoms with Gasteiger partial charge in [0, 0.05) is 10.8 Å². The maximum atomic E-state index is 11.9. The quantitative estimate of drug-likeness (QED) is 0.105. The van der Waals surface area contributed by atoms with Gasteiger partial charge in [0.1, 0.15) is 20.2 Å². The van der Waals surface area contributed by atoms with Crippen LogP contribution < -0.4 is 59.1 Å². The minimum absolute atomic E-state index is 0. The molecule has 0 aliphatic heterocycles. The molecule has 1 aromatic rings. The first-order chi connectivity index (χ1) is 15.8. The van der Waals surface area contributed by atoms with Crippen molar-refractivity contribution in [1.82, 2.24) is 0 Å². The smallest absolute Gasteiger partial charge is 0.745 e. The van der Waals surface area contributed by atoms with Gasteiger partial charge in [-0.25, -0.2) is 16.8 Å². The van der Waals surface area contributed by atoms with Gasteiger partial charge in [0.15, 0.2) is 0 Å². The SMILES string of the molecule is C=CS(=O)(=O)[O-].C=CS(=O)(=O)[O-].CCCCCCCCCCCCOS(=O)(=O)c1ccccc1.[Na+].[Na+]. The van der Waals surface area contributed by atoms with E-state index >= 15 is 0 Å². The van der Waals surface area contributed by atoms with Crippen LogP contribution in [-0.2, 0) is 34.5 Å². The van der Waals surface area contributed by atoms with Crippen LogP contribution in [0.5, 0.6) is 0 Å². The Hall–Kier alpha value is 0.430. The zero-order chi connectivity index (χ0) is 26.5. The monoisotopic (exact) mass is 586 g/mol. The van der Waals surface area contributed by atoms with Crippen molar-refractivity contribution < 1.29 is 97.7 Å². The minimum Gasteiger partial charge on any atom is -0.745 e. The van der Waals surface area contributed by atoms with Crippen molar-refractivity contribution in [1.29, 1.82) is 0 Å². The van der Waals surface area contributed by atoms with E-state index in [4.69, 9.17) is 4.18 Å². The summed E-state index contributed by atoms with van der Waals surface area (Å²) in [7, 11) is -11.9. The van der Waals surface area contributed by atoms with E-state index in [1.165, 1.54) is 51.4 Å². The Morgan fingerprint density at radius 1 is 0.694 bits per heavy atom. The summed E-state index contributed by atoms with van der Waals surface area (Å²) in [6, 6.07) is 8.33. The first-order valence-corrected chi connectivity index (χ1v) is 15.2. The van der Waals surface area contributed by atoms with Gasteiger partial charge in [-0.15, -0.1) is 0 Å². The van der Waals surface area contributed by atoms with Crippen LogP contribution in [0.15, 0.2) is 59.2 Å². The molecule has 198 valence electrons. The molecule has 0 saturated heterocycles. The van der Waals surface area contributed by atoms with Gasteiger partial charge in [0.05, 0.1) is 11.5 Å². The molecule has 14 heteroatoms. The van der Waals surface area contributed by atoms with Gasteiger partial charge in [-0.05, 0) is 18.6 Å². The summed E-state index contributed by atoms with van der Waals surface area (Å²) < 4.78 is 84.8. The molecule has 1 rings (SSSR count). The van der Waals surface area contributed by atoms with E-state index in [2.05, 4.69) is 20.1 Å². The molecule has 1 aromatic carbocycles. The second kappa shape index (κ2) is 25.7. The molecule has 0 amide bonds. The molecule has 0 aromatic heterocycles. The second-order valence-corrected chi connectivity index (χ2v) is 11.3. The maximum absolute atomic E-state index is 11.9. The Morgan fingerprint density at radius 2 is 1.03 bits per heavy atom. The average molecular weight is 587 g/mol. The molecule has 0 aliphatic rings. The summed E-state index contributed by atoms with van der Waals surface area (Å²) in [5, 5.41) is 0.708. The van der Waals surface area contributed by atoms with E-state index in [0.717, 1.165) is 12.8 Å². The Kier molecular flexibility index (Phi) is 31.0. The zero-order valence-corrected chi connectivity index (χ0v) is 28.1. The van der Waals surface area contributed by atoms with Crippen molar-refractivity contribution >= 4 is 30.4 Å². The third-order valence-corrected chi connectivity index (χ3v) is 6.32. The van der Waals surface area contributed by atoms with Crippen LogP contribution in [0.3, 0.4) is 0 Å². The number of unbranched alkanes of at least 4 members (excludes halogenated alkanes) is 9. The predicted molar refractivity (Wildman–Crippen MR) is 131 cm³/mol. The Bertz CT molecular complexity index is 922. The molecule has 0 heterocycles.